The van der Waals surface area contributed by atoms with Gasteiger partial charge in [0.05, 0.1) is 30.3 Å². The molecule has 0 atom stereocenters. The molecule has 2 aromatic carbocycles. The van der Waals surface area contributed by atoms with Crippen LogP contribution in [-0.4, -0.2) is 22.8 Å². The van der Waals surface area contributed by atoms with Gasteiger partial charge in [-0.1, -0.05) is 44.2 Å². The van der Waals surface area contributed by atoms with Gasteiger partial charge >= 0.3 is 0 Å². The molecular formula is C21H23N3O3. The highest BCUT2D eigenvalue weighted by atomic mass is 16.5. The Morgan fingerprint density at radius 1 is 1.11 bits per heavy atom. The first-order valence-electron chi connectivity index (χ1n) is 8.91. The van der Waals surface area contributed by atoms with E-state index >= 15 is 0 Å². The number of hydrogen-bond acceptors (Lipinski definition) is 4. The lowest BCUT2D eigenvalue weighted by molar-refractivity contribution is -0.115. The molecule has 0 fully saturated rings. The van der Waals surface area contributed by atoms with Crippen molar-refractivity contribution in [2.24, 2.45) is 5.92 Å². The predicted molar refractivity (Wildman–Crippen MR) is 106 cm³/mol. The summed E-state index contributed by atoms with van der Waals surface area (Å²) in [4.78, 5) is 25.3. The van der Waals surface area contributed by atoms with Crippen LogP contribution in [0.15, 0.2) is 53.3 Å². The highest BCUT2D eigenvalue weighted by Gasteiger charge is 2.15. The molecule has 0 aliphatic carbocycles. The van der Waals surface area contributed by atoms with Gasteiger partial charge in [-0.3, -0.25) is 9.59 Å². The van der Waals surface area contributed by atoms with Gasteiger partial charge in [-0.25, -0.2) is 4.68 Å². The second-order valence-electron chi connectivity index (χ2n) is 6.80. The van der Waals surface area contributed by atoms with Crippen LogP contribution in [0.2, 0.25) is 0 Å². The van der Waals surface area contributed by atoms with E-state index in [1.165, 1.54) is 4.68 Å². The number of nitrogens with one attached hydrogen (secondary N) is 1. The Labute approximate surface area is 157 Å². The molecule has 3 rings (SSSR count). The largest absolute Gasteiger partial charge is 0.495 e. The highest BCUT2D eigenvalue weighted by molar-refractivity contribution is 5.96. The molecule has 0 saturated heterocycles. The number of para-hydroxylation sites is 2. The van der Waals surface area contributed by atoms with Gasteiger partial charge in [0, 0.05) is 11.9 Å². The van der Waals surface area contributed by atoms with E-state index < -0.39 is 0 Å². The minimum atomic E-state index is -0.216. The van der Waals surface area contributed by atoms with E-state index in [0.717, 1.165) is 0 Å². The van der Waals surface area contributed by atoms with Crippen molar-refractivity contribution in [2.45, 2.75) is 26.8 Å². The number of ether oxygens (including phenoxy) is 1. The third kappa shape index (κ3) is 4.16. The topological polar surface area (TPSA) is 73.2 Å². The van der Waals surface area contributed by atoms with Gasteiger partial charge in [-0.2, -0.15) is 5.10 Å². The molecule has 6 nitrogen and oxygen atoms in total. The summed E-state index contributed by atoms with van der Waals surface area (Å²) in [5, 5.41) is 8.62. The molecule has 3 aromatic rings. The van der Waals surface area contributed by atoms with Gasteiger partial charge in [0.1, 0.15) is 5.75 Å². The van der Waals surface area contributed by atoms with Crippen LogP contribution in [0.1, 0.15) is 19.5 Å². The first-order valence-corrected chi connectivity index (χ1v) is 8.91. The predicted octanol–water partition coefficient (Wildman–Crippen LogP) is 3.24. The summed E-state index contributed by atoms with van der Waals surface area (Å²) in [6.45, 7) is 4.56. The summed E-state index contributed by atoms with van der Waals surface area (Å²) >= 11 is 0. The zero-order chi connectivity index (χ0) is 19.4. The number of aromatic nitrogens is 2. The molecule has 140 valence electrons. The van der Waals surface area contributed by atoms with Crippen LogP contribution < -0.4 is 15.6 Å². The van der Waals surface area contributed by atoms with E-state index in [4.69, 9.17) is 4.74 Å². The fourth-order valence-electron chi connectivity index (χ4n) is 3.00. The summed E-state index contributed by atoms with van der Waals surface area (Å²) in [5.41, 5.74) is 1.05. The van der Waals surface area contributed by atoms with Gasteiger partial charge in [-0.15, -0.1) is 0 Å². The summed E-state index contributed by atoms with van der Waals surface area (Å²) < 4.78 is 6.73. The number of carbonyl (C=O) groups is 1. The van der Waals surface area contributed by atoms with E-state index in [2.05, 4.69) is 10.4 Å². The van der Waals surface area contributed by atoms with Crippen LogP contribution in [0.3, 0.4) is 0 Å². The van der Waals surface area contributed by atoms with Crippen molar-refractivity contribution in [2.75, 3.05) is 12.4 Å². The smallest absolute Gasteiger partial charge is 0.274 e. The van der Waals surface area contributed by atoms with Crippen molar-refractivity contribution < 1.29 is 9.53 Å². The summed E-state index contributed by atoms with van der Waals surface area (Å²) in [5.74, 6) is 0.645. The lowest BCUT2D eigenvalue weighted by Crippen LogP contribution is -2.28. The Kier molecular flexibility index (Phi) is 5.54. The fourth-order valence-corrected chi connectivity index (χ4v) is 3.00. The molecule has 1 aromatic heterocycles. The van der Waals surface area contributed by atoms with Crippen LogP contribution in [0.5, 0.6) is 5.75 Å². The molecule has 0 bridgehead atoms. The number of nitrogens with zero attached hydrogens (tertiary/aromatic N) is 2. The second-order valence-corrected chi connectivity index (χ2v) is 6.80. The van der Waals surface area contributed by atoms with Crippen LogP contribution in [0, 0.1) is 5.92 Å². The van der Waals surface area contributed by atoms with Crippen molar-refractivity contribution in [3.63, 3.8) is 0 Å². The molecular weight excluding hydrogens is 342 g/mol. The maximum atomic E-state index is 12.7. The number of rotatable bonds is 6. The second kappa shape index (κ2) is 8.03. The third-order valence-electron chi connectivity index (χ3n) is 4.19. The lowest BCUT2D eigenvalue weighted by Gasteiger charge is -2.13. The zero-order valence-electron chi connectivity index (χ0n) is 15.7. The van der Waals surface area contributed by atoms with Crippen LogP contribution >= 0.6 is 0 Å². The Balaban J connectivity index is 1.95. The standard InChI is InChI=1S/C21H23N3O3/c1-14(2)13-24-21(26)16-9-5-4-8-15(16)18(23-24)12-20(25)22-17-10-6-7-11-19(17)27-3/h4-11,14H,12-13H2,1-3H3,(H,22,25). The van der Waals surface area contributed by atoms with E-state index in [9.17, 15) is 9.59 Å². The molecule has 0 unspecified atom stereocenters. The summed E-state index contributed by atoms with van der Waals surface area (Å²) in [7, 11) is 1.56. The van der Waals surface area contributed by atoms with Crippen molar-refractivity contribution in [1.82, 2.24) is 9.78 Å². The van der Waals surface area contributed by atoms with Crippen LogP contribution in [-0.2, 0) is 17.8 Å². The average molecular weight is 365 g/mol. The molecule has 0 saturated carbocycles. The molecule has 0 aliphatic rings. The van der Waals surface area contributed by atoms with Crippen molar-refractivity contribution in [3.05, 3.63) is 64.6 Å². The SMILES string of the molecule is COc1ccccc1NC(=O)Cc1nn(CC(C)C)c(=O)c2ccccc12. The number of hydrogen-bond donors (Lipinski definition) is 1. The first kappa shape index (κ1) is 18.6. The lowest BCUT2D eigenvalue weighted by atomic mass is 10.1. The Bertz CT molecular complexity index is 1020. The summed E-state index contributed by atoms with van der Waals surface area (Å²) in [6.07, 6.45) is 0.0664. The number of methoxy groups -OCH3 is 1. The monoisotopic (exact) mass is 365 g/mol. The number of anilines is 1. The quantitative estimate of drug-likeness (QED) is 0.728. The normalized spacial score (nSPS) is 11.0. The minimum absolute atomic E-state index is 0.0664. The zero-order valence-corrected chi connectivity index (χ0v) is 15.7. The Morgan fingerprint density at radius 2 is 1.78 bits per heavy atom. The Morgan fingerprint density at radius 3 is 2.48 bits per heavy atom. The van der Waals surface area contributed by atoms with E-state index in [1.807, 2.05) is 44.2 Å². The van der Waals surface area contributed by atoms with Gasteiger partial charge in [0.25, 0.3) is 5.56 Å². The fraction of sp³-hybridized carbons (Fsp3) is 0.286. The molecule has 6 heteroatoms. The van der Waals surface area contributed by atoms with Crippen molar-refractivity contribution >= 4 is 22.4 Å². The molecule has 27 heavy (non-hydrogen) atoms. The third-order valence-corrected chi connectivity index (χ3v) is 4.19. The number of fused-ring (bicyclic) bond motifs is 1. The number of carbonyl (C=O) groups excluding carboxylic acids is 1. The van der Waals surface area contributed by atoms with Crippen LogP contribution in [0.25, 0.3) is 10.8 Å². The Hall–Kier alpha value is -3.15. The minimum Gasteiger partial charge on any atom is -0.495 e. The van der Waals surface area contributed by atoms with E-state index in [-0.39, 0.29) is 23.8 Å². The van der Waals surface area contributed by atoms with E-state index in [1.54, 1.807) is 25.3 Å². The molecule has 1 heterocycles. The molecule has 1 N–H and O–H groups in total. The average Bonchev–Trinajstić information content (AvgIpc) is 2.65. The van der Waals surface area contributed by atoms with Crippen molar-refractivity contribution in [3.8, 4) is 5.75 Å². The first-order chi connectivity index (χ1) is 13.0. The molecule has 0 aliphatic heterocycles. The van der Waals surface area contributed by atoms with E-state index in [0.29, 0.717) is 34.4 Å². The molecule has 0 spiro atoms. The molecule has 0 radical (unpaired) electrons. The molecule has 1 amide bonds. The number of amides is 1. The maximum Gasteiger partial charge on any atom is 0.274 e. The van der Waals surface area contributed by atoms with Crippen molar-refractivity contribution in [1.29, 1.82) is 0 Å². The van der Waals surface area contributed by atoms with Gasteiger partial charge < -0.3 is 10.1 Å². The maximum absolute atomic E-state index is 12.7. The van der Waals surface area contributed by atoms with Crippen LogP contribution in [0.4, 0.5) is 5.69 Å². The highest BCUT2D eigenvalue weighted by Crippen LogP contribution is 2.23. The summed E-state index contributed by atoms with van der Waals surface area (Å²) in [6, 6.07) is 14.5. The number of benzene rings is 2. The van der Waals surface area contributed by atoms with Gasteiger partial charge in [0.2, 0.25) is 5.91 Å². The van der Waals surface area contributed by atoms with Gasteiger partial charge in [-0.05, 0) is 24.1 Å². The van der Waals surface area contributed by atoms with Gasteiger partial charge in [0.15, 0.2) is 0 Å².